The molecule has 1 aromatic heterocycles. The lowest BCUT2D eigenvalue weighted by molar-refractivity contribution is 0.413. The fourth-order valence-electron chi connectivity index (χ4n) is 1.60. The molecule has 0 fully saturated rings. The molecule has 4 nitrogen and oxygen atoms in total. The molecule has 0 amide bonds. The molecule has 0 N–H and O–H groups in total. The van der Waals surface area contributed by atoms with Crippen LogP contribution in [-0.4, -0.2) is 17.3 Å². The van der Waals surface area contributed by atoms with E-state index in [4.69, 9.17) is 20.9 Å². The van der Waals surface area contributed by atoms with E-state index >= 15 is 0 Å². The highest BCUT2D eigenvalue weighted by molar-refractivity contribution is 6.20. The molecule has 0 radical (unpaired) electrons. The van der Waals surface area contributed by atoms with Crippen molar-refractivity contribution in [3.05, 3.63) is 30.1 Å². The lowest BCUT2D eigenvalue weighted by Gasteiger charge is -2.00. The third-order valence-corrected chi connectivity index (χ3v) is 3.01. The van der Waals surface area contributed by atoms with Gasteiger partial charge >= 0.3 is 0 Å². The minimum Gasteiger partial charge on any atom is -0.497 e. The van der Waals surface area contributed by atoms with Crippen LogP contribution >= 0.6 is 11.6 Å². The van der Waals surface area contributed by atoms with Crippen LogP contribution in [0.15, 0.2) is 28.8 Å². The number of methoxy groups -OCH3 is 1. The number of nitrogens with zero attached hydrogens (tertiary/aromatic N) is 2. The van der Waals surface area contributed by atoms with Gasteiger partial charge in [0.1, 0.15) is 5.75 Å². The molecule has 1 heterocycles. The fourth-order valence-corrected chi connectivity index (χ4v) is 1.90. The fraction of sp³-hybridized carbons (Fsp3) is 0.385. The van der Waals surface area contributed by atoms with Crippen molar-refractivity contribution >= 4 is 11.6 Å². The topological polar surface area (TPSA) is 48.2 Å². The zero-order chi connectivity index (χ0) is 13.0. The first-order valence-corrected chi connectivity index (χ1v) is 6.30. The second-order valence-electron chi connectivity index (χ2n) is 3.94. The molecule has 5 heteroatoms. The maximum atomic E-state index is 6.15. The number of aromatic nitrogens is 2. The highest BCUT2D eigenvalue weighted by Gasteiger charge is 2.15. The molecule has 0 aliphatic carbocycles. The van der Waals surface area contributed by atoms with Crippen molar-refractivity contribution in [1.82, 2.24) is 10.1 Å². The van der Waals surface area contributed by atoms with Gasteiger partial charge in [-0.15, -0.1) is 11.6 Å². The number of hydrogen-bond donors (Lipinski definition) is 0. The van der Waals surface area contributed by atoms with Crippen molar-refractivity contribution < 1.29 is 9.26 Å². The highest BCUT2D eigenvalue weighted by atomic mass is 35.5. The van der Waals surface area contributed by atoms with Crippen molar-refractivity contribution in [3.63, 3.8) is 0 Å². The zero-order valence-electron chi connectivity index (χ0n) is 10.4. The third-order valence-electron chi connectivity index (χ3n) is 2.60. The van der Waals surface area contributed by atoms with Gasteiger partial charge in [-0.2, -0.15) is 4.98 Å². The lowest BCUT2D eigenvalue weighted by Crippen LogP contribution is -1.92. The maximum Gasteiger partial charge on any atom is 0.257 e. The second-order valence-corrected chi connectivity index (χ2v) is 4.47. The Balaban J connectivity index is 2.18. The monoisotopic (exact) mass is 266 g/mol. The molecule has 0 aliphatic heterocycles. The molecule has 0 aliphatic rings. The standard InChI is InChI=1S/C13H15ClN2O2/c1-3-4-11(14)12-15-13(18-16-12)9-5-7-10(17-2)8-6-9/h5-8,11H,3-4H2,1-2H3. The summed E-state index contributed by atoms with van der Waals surface area (Å²) in [5, 5.41) is 3.72. The molecule has 0 spiro atoms. The molecule has 1 aromatic carbocycles. The molecule has 18 heavy (non-hydrogen) atoms. The molecule has 0 saturated carbocycles. The second kappa shape index (κ2) is 5.87. The van der Waals surface area contributed by atoms with Crippen molar-refractivity contribution in [2.45, 2.75) is 25.1 Å². The molecule has 0 saturated heterocycles. The molecule has 1 atom stereocenters. The number of halogens is 1. The van der Waals surface area contributed by atoms with E-state index in [2.05, 4.69) is 17.1 Å². The predicted octanol–water partition coefficient (Wildman–Crippen LogP) is 3.83. The largest absolute Gasteiger partial charge is 0.497 e. The van der Waals surface area contributed by atoms with Gasteiger partial charge in [-0.1, -0.05) is 18.5 Å². The Morgan fingerprint density at radius 1 is 1.33 bits per heavy atom. The molecular weight excluding hydrogens is 252 g/mol. The van der Waals surface area contributed by atoms with Crippen LogP contribution in [0, 0.1) is 0 Å². The first-order valence-electron chi connectivity index (χ1n) is 5.86. The van der Waals surface area contributed by atoms with Crippen molar-refractivity contribution in [2.24, 2.45) is 0 Å². The van der Waals surface area contributed by atoms with Crippen LogP contribution in [0.5, 0.6) is 5.75 Å². The van der Waals surface area contributed by atoms with E-state index in [0.717, 1.165) is 24.2 Å². The number of ether oxygens (including phenoxy) is 1. The van der Waals surface area contributed by atoms with E-state index in [-0.39, 0.29) is 5.38 Å². The normalized spacial score (nSPS) is 12.4. The van der Waals surface area contributed by atoms with Crippen LogP contribution in [0.4, 0.5) is 0 Å². The SMILES string of the molecule is CCCC(Cl)c1noc(-c2ccc(OC)cc2)n1. The minimum atomic E-state index is -0.189. The van der Waals surface area contributed by atoms with Crippen molar-refractivity contribution in [3.8, 4) is 17.2 Å². The number of alkyl halides is 1. The summed E-state index contributed by atoms with van der Waals surface area (Å²) < 4.78 is 10.3. The zero-order valence-corrected chi connectivity index (χ0v) is 11.1. The number of hydrogen-bond acceptors (Lipinski definition) is 4. The van der Waals surface area contributed by atoms with Gasteiger partial charge < -0.3 is 9.26 Å². The van der Waals surface area contributed by atoms with Crippen LogP contribution in [-0.2, 0) is 0 Å². The van der Waals surface area contributed by atoms with E-state index in [0.29, 0.717) is 11.7 Å². The highest BCUT2D eigenvalue weighted by Crippen LogP contribution is 2.26. The van der Waals surface area contributed by atoms with Crippen LogP contribution in [0.1, 0.15) is 31.0 Å². The predicted molar refractivity (Wildman–Crippen MR) is 69.8 cm³/mol. The van der Waals surface area contributed by atoms with Gasteiger partial charge in [0.25, 0.3) is 5.89 Å². The van der Waals surface area contributed by atoms with Gasteiger partial charge in [0.15, 0.2) is 5.82 Å². The summed E-state index contributed by atoms with van der Waals surface area (Å²) in [7, 11) is 1.63. The molecule has 1 unspecified atom stereocenters. The summed E-state index contributed by atoms with van der Waals surface area (Å²) in [6.07, 6.45) is 1.82. The lowest BCUT2D eigenvalue weighted by atomic mass is 10.2. The quantitative estimate of drug-likeness (QED) is 0.772. The van der Waals surface area contributed by atoms with Gasteiger partial charge in [0.2, 0.25) is 0 Å². The van der Waals surface area contributed by atoms with Crippen LogP contribution < -0.4 is 4.74 Å². The van der Waals surface area contributed by atoms with Gasteiger partial charge in [-0.3, -0.25) is 0 Å². The molecule has 2 aromatic rings. The summed E-state index contributed by atoms with van der Waals surface area (Å²) in [4.78, 5) is 4.30. The van der Waals surface area contributed by atoms with Crippen LogP contribution in [0.25, 0.3) is 11.5 Å². The van der Waals surface area contributed by atoms with E-state index < -0.39 is 0 Å². The molecule has 96 valence electrons. The van der Waals surface area contributed by atoms with Crippen LogP contribution in [0.3, 0.4) is 0 Å². The summed E-state index contributed by atoms with van der Waals surface area (Å²) in [6, 6.07) is 7.45. The Morgan fingerprint density at radius 3 is 2.67 bits per heavy atom. The van der Waals surface area contributed by atoms with Gasteiger partial charge in [0.05, 0.1) is 12.5 Å². The first-order chi connectivity index (χ1) is 8.74. The molecule has 2 rings (SSSR count). The summed E-state index contributed by atoms with van der Waals surface area (Å²) >= 11 is 6.15. The van der Waals surface area contributed by atoms with Crippen molar-refractivity contribution in [1.29, 1.82) is 0 Å². The molecular formula is C13H15ClN2O2. The van der Waals surface area contributed by atoms with Gasteiger partial charge in [-0.05, 0) is 30.7 Å². The summed E-state index contributed by atoms with van der Waals surface area (Å²) in [6.45, 7) is 2.07. The number of benzene rings is 1. The van der Waals surface area contributed by atoms with E-state index in [1.807, 2.05) is 24.3 Å². The van der Waals surface area contributed by atoms with E-state index in [1.54, 1.807) is 7.11 Å². The Kier molecular flexibility index (Phi) is 4.20. The summed E-state index contributed by atoms with van der Waals surface area (Å²) in [5.41, 5.74) is 0.856. The average molecular weight is 267 g/mol. The number of rotatable bonds is 5. The Labute approximate surface area is 111 Å². The van der Waals surface area contributed by atoms with Crippen LogP contribution in [0.2, 0.25) is 0 Å². The Bertz CT molecular complexity index is 496. The maximum absolute atomic E-state index is 6.15. The minimum absolute atomic E-state index is 0.189. The third kappa shape index (κ3) is 2.82. The van der Waals surface area contributed by atoms with E-state index in [9.17, 15) is 0 Å². The Hall–Kier alpha value is -1.55. The summed E-state index contributed by atoms with van der Waals surface area (Å²) in [5.74, 6) is 1.82. The van der Waals surface area contributed by atoms with E-state index in [1.165, 1.54) is 0 Å². The van der Waals surface area contributed by atoms with Gasteiger partial charge in [0, 0.05) is 5.56 Å². The Morgan fingerprint density at radius 2 is 2.06 bits per heavy atom. The average Bonchev–Trinajstić information content (AvgIpc) is 2.89. The molecule has 0 bridgehead atoms. The first kappa shape index (κ1) is 12.9. The smallest absolute Gasteiger partial charge is 0.257 e. The van der Waals surface area contributed by atoms with Crippen molar-refractivity contribution in [2.75, 3.05) is 7.11 Å². The van der Waals surface area contributed by atoms with Gasteiger partial charge in [-0.25, -0.2) is 0 Å².